The van der Waals surface area contributed by atoms with E-state index in [2.05, 4.69) is 10.2 Å². The average molecular weight is 458 g/mol. The van der Waals surface area contributed by atoms with Gasteiger partial charge in [0.1, 0.15) is 24.0 Å². The highest BCUT2D eigenvalue weighted by molar-refractivity contribution is 5.81. The lowest BCUT2D eigenvalue weighted by molar-refractivity contribution is -0.141. The molecular weight excluding hydrogens is 429 g/mol. The minimum atomic E-state index is -0.470. The van der Waals surface area contributed by atoms with E-state index in [4.69, 9.17) is 19.4 Å². The normalized spacial score (nSPS) is 15.7. The van der Waals surface area contributed by atoms with Crippen molar-refractivity contribution in [1.82, 2.24) is 20.2 Å². The molecule has 2 aliphatic heterocycles. The second-order valence-corrected chi connectivity index (χ2v) is 7.93. The Morgan fingerprint density at radius 2 is 2.03 bits per heavy atom. The molecular formula is C23H28FN5O4. The average Bonchev–Trinajstić information content (AvgIpc) is 2.82. The van der Waals surface area contributed by atoms with Crippen LogP contribution in [0.1, 0.15) is 29.6 Å². The van der Waals surface area contributed by atoms with Crippen molar-refractivity contribution in [2.75, 3.05) is 50.9 Å². The number of nitrogens with zero attached hydrogens (tertiary/aromatic N) is 4. The minimum absolute atomic E-state index is 0.171. The van der Waals surface area contributed by atoms with Gasteiger partial charge in [-0.15, -0.1) is 0 Å². The highest BCUT2D eigenvalue weighted by Gasteiger charge is 2.28. The zero-order valence-electron chi connectivity index (χ0n) is 18.7. The number of halogens is 1. The monoisotopic (exact) mass is 457 g/mol. The summed E-state index contributed by atoms with van der Waals surface area (Å²) in [5.74, 6) is 0.657. The maximum absolute atomic E-state index is 13.7. The van der Waals surface area contributed by atoms with Crippen LogP contribution in [0.3, 0.4) is 0 Å². The molecule has 2 amide bonds. The third kappa shape index (κ3) is 5.75. The number of fused-ring (bicyclic) bond motifs is 1. The summed E-state index contributed by atoms with van der Waals surface area (Å²) in [6, 6.07) is 6.12. The molecule has 4 rings (SSSR count). The molecule has 2 aliphatic rings. The predicted octanol–water partition coefficient (Wildman–Crippen LogP) is 1.67. The van der Waals surface area contributed by atoms with Crippen LogP contribution in [-0.4, -0.2) is 72.9 Å². The van der Waals surface area contributed by atoms with Gasteiger partial charge >= 0.3 is 12.0 Å². The van der Waals surface area contributed by atoms with Crippen molar-refractivity contribution in [2.45, 2.75) is 26.3 Å². The molecule has 1 saturated heterocycles. The lowest BCUT2D eigenvalue weighted by Crippen LogP contribution is -2.46. The number of nitrogens with one attached hydrogen (secondary N) is 1. The van der Waals surface area contributed by atoms with Crippen LogP contribution in [0.2, 0.25) is 0 Å². The lowest BCUT2D eigenvalue weighted by atomic mass is 10.0. The lowest BCUT2D eigenvalue weighted by Gasteiger charge is -2.34. The van der Waals surface area contributed by atoms with Crippen LogP contribution in [0.25, 0.3) is 0 Å². The van der Waals surface area contributed by atoms with Crippen molar-refractivity contribution in [3.05, 3.63) is 52.7 Å². The number of carbonyl (C=O) groups is 2. The molecule has 1 N–H and O–H groups in total. The molecule has 0 spiro atoms. The third-order valence-corrected chi connectivity index (χ3v) is 5.62. The van der Waals surface area contributed by atoms with Crippen LogP contribution in [0.5, 0.6) is 0 Å². The number of urea groups is 1. The number of ether oxygens (including phenoxy) is 2. The first-order chi connectivity index (χ1) is 16.0. The number of rotatable bonds is 6. The molecule has 3 heterocycles. The Hall–Kier alpha value is -3.27. The van der Waals surface area contributed by atoms with E-state index in [1.54, 1.807) is 17.9 Å². The maximum atomic E-state index is 13.7. The smallest absolute Gasteiger partial charge is 0.325 e. The summed E-state index contributed by atoms with van der Waals surface area (Å²) in [6.07, 6.45) is 0.990. The van der Waals surface area contributed by atoms with Gasteiger partial charge in [-0.1, -0.05) is 12.1 Å². The second kappa shape index (κ2) is 10.6. The van der Waals surface area contributed by atoms with Crippen LogP contribution in [-0.2, 0) is 33.7 Å². The Balaban J connectivity index is 1.56. The molecule has 0 atom stereocenters. The Kier molecular flexibility index (Phi) is 7.33. The van der Waals surface area contributed by atoms with Crippen LogP contribution in [0, 0.1) is 5.82 Å². The fraction of sp³-hybridized carbons (Fsp3) is 0.478. The highest BCUT2D eigenvalue weighted by Crippen LogP contribution is 2.28. The van der Waals surface area contributed by atoms with E-state index in [-0.39, 0.29) is 25.0 Å². The zero-order chi connectivity index (χ0) is 23.2. The molecule has 0 aliphatic carbocycles. The van der Waals surface area contributed by atoms with E-state index in [0.717, 1.165) is 22.6 Å². The predicted molar refractivity (Wildman–Crippen MR) is 118 cm³/mol. The molecule has 1 aromatic heterocycles. The van der Waals surface area contributed by atoms with E-state index in [1.807, 2.05) is 6.07 Å². The number of carbonyl (C=O) groups excluding carboxylic acids is 2. The second-order valence-electron chi connectivity index (χ2n) is 7.93. The number of aromatic nitrogens is 2. The van der Waals surface area contributed by atoms with Gasteiger partial charge in [-0.25, -0.2) is 19.2 Å². The van der Waals surface area contributed by atoms with Gasteiger partial charge in [-0.05, 0) is 24.6 Å². The number of anilines is 1. The first-order valence-corrected chi connectivity index (χ1v) is 11.2. The number of amides is 2. The molecule has 2 aromatic rings. The summed E-state index contributed by atoms with van der Waals surface area (Å²) in [5, 5.41) is 2.62. The summed E-state index contributed by atoms with van der Waals surface area (Å²) in [5.41, 5.74) is 2.60. The molecule has 0 bridgehead atoms. The van der Waals surface area contributed by atoms with Gasteiger partial charge in [0, 0.05) is 38.0 Å². The van der Waals surface area contributed by atoms with Crippen molar-refractivity contribution in [2.24, 2.45) is 0 Å². The molecule has 1 aromatic carbocycles. The molecule has 0 saturated carbocycles. The summed E-state index contributed by atoms with van der Waals surface area (Å²) in [6.45, 7) is 5.22. The van der Waals surface area contributed by atoms with Gasteiger partial charge in [0.25, 0.3) is 0 Å². The number of morpholine rings is 1. The molecule has 1 fully saturated rings. The topological polar surface area (TPSA) is 96.9 Å². The molecule has 10 heteroatoms. The summed E-state index contributed by atoms with van der Waals surface area (Å²) in [7, 11) is 0. The first-order valence-electron chi connectivity index (χ1n) is 11.2. The number of esters is 1. The molecule has 33 heavy (non-hydrogen) atoms. The van der Waals surface area contributed by atoms with Crippen LogP contribution < -0.4 is 10.2 Å². The van der Waals surface area contributed by atoms with Crippen molar-refractivity contribution in [3.8, 4) is 0 Å². The quantitative estimate of drug-likeness (QED) is 0.659. The SMILES string of the molecule is CCOC(=O)CNC(=O)N1CCc2nc(Cc3cccc(F)c3)nc(N3CCOCC3)c2C1. The van der Waals surface area contributed by atoms with Gasteiger partial charge in [-0.3, -0.25) is 4.79 Å². The van der Waals surface area contributed by atoms with Crippen LogP contribution in [0.15, 0.2) is 24.3 Å². The first kappa shape index (κ1) is 22.9. The van der Waals surface area contributed by atoms with Crippen molar-refractivity contribution in [3.63, 3.8) is 0 Å². The van der Waals surface area contributed by atoms with Crippen molar-refractivity contribution >= 4 is 17.8 Å². The van der Waals surface area contributed by atoms with E-state index < -0.39 is 5.97 Å². The fourth-order valence-corrected chi connectivity index (χ4v) is 4.04. The Bertz CT molecular complexity index is 1010. The summed E-state index contributed by atoms with van der Waals surface area (Å²) < 4.78 is 24.0. The number of hydrogen-bond donors (Lipinski definition) is 1. The number of hydrogen-bond acceptors (Lipinski definition) is 7. The highest BCUT2D eigenvalue weighted by atomic mass is 19.1. The van der Waals surface area contributed by atoms with E-state index in [1.165, 1.54) is 12.1 Å². The Labute approximate surface area is 191 Å². The van der Waals surface area contributed by atoms with Gasteiger partial charge in [-0.2, -0.15) is 0 Å². The molecule has 0 unspecified atom stereocenters. The standard InChI is InChI=1S/C23H28FN5O4/c1-2-33-21(30)14-25-23(31)29-7-6-19-18(15-29)22(28-8-10-32-11-9-28)27-20(26-19)13-16-4-3-5-17(24)12-16/h3-5,12H,2,6-11,13-15H2,1H3,(H,25,31). The van der Waals surface area contributed by atoms with E-state index in [9.17, 15) is 14.0 Å². The van der Waals surface area contributed by atoms with Gasteiger partial charge in [0.05, 0.1) is 32.1 Å². The Morgan fingerprint density at radius 3 is 2.79 bits per heavy atom. The maximum Gasteiger partial charge on any atom is 0.325 e. The summed E-state index contributed by atoms with van der Waals surface area (Å²) >= 11 is 0. The van der Waals surface area contributed by atoms with Crippen LogP contribution in [0.4, 0.5) is 15.0 Å². The van der Waals surface area contributed by atoms with Gasteiger partial charge in [0.15, 0.2) is 0 Å². The zero-order valence-corrected chi connectivity index (χ0v) is 18.7. The van der Waals surface area contributed by atoms with Crippen LogP contribution >= 0.6 is 0 Å². The molecule has 9 nitrogen and oxygen atoms in total. The largest absolute Gasteiger partial charge is 0.465 e. The van der Waals surface area contributed by atoms with E-state index in [0.29, 0.717) is 58.1 Å². The molecule has 176 valence electrons. The van der Waals surface area contributed by atoms with Crippen molar-refractivity contribution < 1.29 is 23.5 Å². The fourth-order valence-electron chi connectivity index (χ4n) is 4.04. The van der Waals surface area contributed by atoms with Crippen molar-refractivity contribution in [1.29, 1.82) is 0 Å². The Morgan fingerprint density at radius 1 is 1.21 bits per heavy atom. The van der Waals surface area contributed by atoms with Gasteiger partial charge in [0.2, 0.25) is 0 Å². The molecule has 0 radical (unpaired) electrons. The third-order valence-electron chi connectivity index (χ3n) is 5.62. The van der Waals surface area contributed by atoms with Gasteiger partial charge < -0.3 is 24.6 Å². The summed E-state index contributed by atoms with van der Waals surface area (Å²) in [4.78, 5) is 37.6. The number of benzene rings is 1. The minimum Gasteiger partial charge on any atom is -0.465 e. The van der Waals surface area contributed by atoms with E-state index >= 15 is 0 Å².